The number of hydrogen-bond donors (Lipinski definition) is 1. The van der Waals surface area contributed by atoms with Gasteiger partial charge in [-0.2, -0.15) is 0 Å². The second-order valence-electron chi connectivity index (χ2n) is 4.27. The van der Waals surface area contributed by atoms with Crippen LogP contribution in [0, 0.1) is 0 Å². The highest BCUT2D eigenvalue weighted by Crippen LogP contribution is 2.52. The summed E-state index contributed by atoms with van der Waals surface area (Å²) in [6.07, 6.45) is 3.54. The summed E-state index contributed by atoms with van der Waals surface area (Å²) in [5, 5.41) is 3.00. The van der Waals surface area contributed by atoms with Gasteiger partial charge in [0.15, 0.2) is 0 Å². The van der Waals surface area contributed by atoms with Crippen LogP contribution in [-0.2, 0) is 11.8 Å². The highest BCUT2D eigenvalue weighted by atomic mass is 32.1. The molecule has 1 aliphatic carbocycles. The maximum Gasteiger partial charge on any atom is 0.261 e. The highest BCUT2D eigenvalue weighted by Gasteiger charge is 2.49. The van der Waals surface area contributed by atoms with Crippen LogP contribution in [0.15, 0.2) is 6.07 Å². The van der Waals surface area contributed by atoms with Crippen LogP contribution in [0.1, 0.15) is 39.9 Å². The number of hydrogen-bond acceptors (Lipinski definition) is 2. The van der Waals surface area contributed by atoms with Gasteiger partial charge < -0.3 is 5.32 Å². The molecule has 14 heavy (non-hydrogen) atoms. The van der Waals surface area contributed by atoms with E-state index in [2.05, 4.69) is 18.3 Å². The molecule has 0 bridgehead atoms. The van der Waals surface area contributed by atoms with Gasteiger partial charge in [0, 0.05) is 16.8 Å². The Hall–Kier alpha value is -0.830. The van der Waals surface area contributed by atoms with Gasteiger partial charge >= 0.3 is 0 Å². The molecule has 1 spiro atoms. The minimum atomic E-state index is 0.141. The summed E-state index contributed by atoms with van der Waals surface area (Å²) in [6, 6.07) is 2.26. The predicted octanol–water partition coefficient (Wildman–Crippen LogP) is 2.09. The van der Waals surface area contributed by atoms with Crippen molar-refractivity contribution in [2.75, 3.05) is 6.54 Å². The first-order chi connectivity index (χ1) is 6.75. The molecular weight excluding hydrogens is 194 g/mol. The van der Waals surface area contributed by atoms with Gasteiger partial charge in [-0.3, -0.25) is 4.79 Å². The number of amides is 1. The number of nitrogens with one attached hydrogen (secondary N) is 1. The molecular formula is C11H13NOS. The van der Waals surface area contributed by atoms with E-state index in [1.807, 2.05) is 0 Å². The van der Waals surface area contributed by atoms with Crippen molar-refractivity contribution in [1.82, 2.24) is 5.32 Å². The van der Waals surface area contributed by atoms with Gasteiger partial charge in [-0.05, 0) is 30.9 Å². The molecule has 0 saturated heterocycles. The van der Waals surface area contributed by atoms with Gasteiger partial charge in [0.25, 0.3) is 5.91 Å². The molecule has 74 valence electrons. The third-order valence-corrected chi connectivity index (χ3v) is 4.63. The molecule has 1 fully saturated rings. The number of thiophene rings is 1. The van der Waals surface area contributed by atoms with Crippen molar-refractivity contribution in [3.05, 3.63) is 21.4 Å². The topological polar surface area (TPSA) is 29.1 Å². The summed E-state index contributed by atoms with van der Waals surface area (Å²) in [4.78, 5) is 14.0. The molecule has 2 nitrogen and oxygen atoms in total. The summed E-state index contributed by atoms with van der Waals surface area (Å²) in [5.41, 5.74) is 1.68. The van der Waals surface area contributed by atoms with Crippen LogP contribution < -0.4 is 5.32 Å². The van der Waals surface area contributed by atoms with Crippen molar-refractivity contribution < 1.29 is 4.79 Å². The second kappa shape index (κ2) is 2.60. The zero-order valence-electron chi connectivity index (χ0n) is 8.22. The summed E-state index contributed by atoms with van der Waals surface area (Å²) in [7, 11) is 0. The monoisotopic (exact) mass is 207 g/mol. The third kappa shape index (κ3) is 0.989. The Morgan fingerprint density at radius 2 is 2.36 bits per heavy atom. The third-order valence-electron chi connectivity index (χ3n) is 3.35. The lowest BCUT2D eigenvalue weighted by molar-refractivity contribution is 0.0942. The standard InChI is InChI=1S/C11H13NOS/c1-2-7-5-8-9(14-7)10(13)12-6-11(8)3-4-11/h5H,2-4,6H2,1H3,(H,12,13). The zero-order chi connectivity index (χ0) is 9.76. The molecule has 1 N–H and O–H groups in total. The second-order valence-corrected chi connectivity index (χ2v) is 5.41. The Balaban J connectivity index is 2.14. The lowest BCUT2D eigenvalue weighted by Gasteiger charge is -2.21. The number of fused-ring (bicyclic) bond motifs is 2. The van der Waals surface area contributed by atoms with Crippen molar-refractivity contribution >= 4 is 17.2 Å². The van der Waals surface area contributed by atoms with Gasteiger partial charge in [0.05, 0.1) is 4.88 Å². The Morgan fingerprint density at radius 3 is 3.00 bits per heavy atom. The van der Waals surface area contributed by atoms with Crippen LogP contribution in [0.4, 0.5) is 0 Å². The van der Waals surface area contributed by atoms with Crippen molar-refractivity contribution in [2.24, 2.45) is 0 Å². The van der Waals surface area contributed by atoms with Gasteiger partial charge in [0.2, 0.25) is 0 Å². The lowest BCUT2D eigenvalue weighted by atomic mass is 9.93. The summed E-state index contributed by atoms with van der Waals surface area (Å²) in [5.74, 6) is 0.141. The van der Waals surface area contributed by atoms with E-state index >= 15 is 0 Å². The predicted molar refractivity (Wildman–Crippen MR) is 56.9 cm³/mol. The molecule has 1 aromatic heterocycles. The van der Waals surface area contributed by atoms with Crippen LogP contribution in [0.2, 0.25) is 0 Å². The average Bonchev–Trinajstić information content (AvgIpc) is 2.82. The maximum absolute atomic E-state index is 11.6. The summed E-state index contributed by atoms with van der Waals surface area (Å²) in [6.45, 7) is 3.01. The van der Waals surface area contributed by atoms with Crippen LogP contribution in [0.5, 0.6) is 0 Å². The number of rotatable bonds is 1. The fourth-order valence-corrected chi connectivity index (χ4v) is 3.33. The number of carbonyl (C=O) groups is 1. The maximum atomic E-state index is 11.6. The van der Waals surface area contributed by atoms with E-state index < -0.39 is 0 Å². The van der Waals surface area contributed by atoms with Gasteiger partial charge in [-0.25, -0.2) is 0 Å². The minimum Gasteiger partial charge on any atom is -0.350 e. The molecule has 1 aromatic rings. The molecule has 1 amide bonds. The minimum absolute atomic E-state index is 0.141. The molecule has 2 heterocycles. The van der Waals surface area contributed by atoms with Crippen molar-refractivity contribution in [3.8, 4) is 0 Å². The van der Waals surface area contributed by atoms with Crippen LogP contribution in [-0.4, -0.2) is 12.5 Å². The normalized spacial score (nSPS) is 21.9. The first-order valence-electron chi connectivity index (χ1n) is 5.16. The van der Waals surface area contributed by atoms with E-state index in [0.717, 1.165) is 17.8 Å². The molecule has 3 rings (SSSR count). The smallest absolute Gasteiger partial charge is 0.261 e. The largest absolute Gasteiger partial charge is 0.350 e. The van der Waals surface area contributed by atoms with Crippen LogP contribution >= 0.6 is 11.3 Å². The summed E-state index contributed by atoms with van der Waals surface area (Å²) >= 11 is 1.67. The van der Waals surface area contributed by atoms with E-state index in [1.54, 1.807) is 11.3 Å². The zero-order valence-corrected chi connectivity index (χ0v) is 9.04. The van der Waals surface area contributed by atoms with Gasteiger partial charge in [0.1, 0.15) is 0 Å². The SMILES string of the molecule is CCc1cc2c(s1)C(=O)NCC21CC1. The first kappa shape index (κ1) is 8.48. The lowest BCUT2D eigenvalue weighted by Crippen LogP contribution is -2.37. The quantitative estimate of drug-likeness (QED) is 0.750. The molecule has 1 aliphatic heterocycles. The first-order valence-corrected chi connectivity index (χ1v) is 5.98. The van der Waals surface area contributed by atoms with E-state index in [4.69, 9.17) is 0 Å². The fraction of sp³-hybridized carbons (Fsp3) is 0.545. The van der Waals surface area contributed by atoms with Crippen LogP contribution in [0.25, 0.3) is 0 Å². The Morgan fingerprint density at radius 1 is 1.57 bits per heavy atom. The average molecular weight is 207 g/mol. The van der Waals surface area contributed by atoms with Gasteiger partial charge in [-0.1, -0.05) is 6.92 Å². The van der Waals surface area contributed by atoms with Crippen molar-refractivity contribution in [2.45, 2.75) is 31.6 Å². The molecule has 0 radical (unpaired) electrons. The fourth-order valence-electron chi connectivity index (χ4n) is 2.20. The number of carbonyl (C=O) groups excluding carboxylic acids is 1. The molecule has 2 aliphatic rings. The van der Waals surface area contributed by atoms with Crippen molar-refractivity contribution in [1.29, 1.82) is 0 Å². The summed E-state index contributed by atoms with van der Waals surface area (Å²) < 4.78 is 0. The van der Waals surface area contributed by atoms with E-state index in [-0.39, 0.29) is 5.91 Å². The van der Waals surface area contributed by atoms with E-state index in [1.165, 1.54) is 23.3 Å². The Kier molecular flexibility index (Phi) is 1.57. The van der Waals surface area contributed by atoms with E-state index in [0.29, 0.717) is 5.41 Å². The molecule has 0 atom stereocenters. The van der Waals surface area contributed by atoms with Crippen LogP contribution in [0.3, 0.4) is 0 Å². The Bertz CT molecular complexity index is 403. The van der Waals surface area contributed by atoms with Crippen molar-refractivity contribution in [3.63, 3.8) is 0 Å². The van der Waals surface area contributed by atoms with E-state index in [9.17, 15) is 4.79 Å². The number of aryl methyl sites for hydroxylation is 1. The Labute approximate surface area is 87.3 Å². The molecule has 3 heteroatoms. The molecule has 0 unspecified atom stereocenters. The molecule has 1 saturated carbocycles. The highest BCUT2D eigenvalue weighted by molar-refractivity contribution is 7.14. The molecule has 0 aromatic carbocycles. The van der Waals surface area contributed by atoms with Gasteiger partial charge in [-0.15, -0.1) is 11.3 Å².